The van der Waals surface area contributed by atoms with Gasteiger partial charge in [0.05, 0.1) is 18.8 Å². The summed E-state index contributed by atoms with van der Waals surface area (Å²) in [5.41, 5.74) is 1.86. The first-order valence-electron chi connectivity index (χ1n) is 8.92. The molecule has 3 aromatic rings. The normalized spacial score (nSPS) is 12.0. The zero-order valence-electron chi connectivity index (χ0n) is 15.6. The molecular weight excluding hydrogens is 340 g/mol. The summed E-state index contributed by atoms with van der Waals surface area (Å²) in [5.74, 6) is 1.53. The summed E-state index contributed by atoms with van der Waals surface area (Å²) in [5, 5.41) is 2.94. The number of ether oxygens (including phenoxy) is 1. The minimum atomic E-state index is -0.288. The van der Waals surface area contributed by atoms with Crippen molar-refractivity contribution in [1.82, 2.24) is 4.90 Å². The summed E-state index contributed by atoms with van der Waals surface area (Å²) < 4.78 is 11.1. The molecule has 1 atom stereocenters. The van der Waals surface area contributed by atoms with Crippen LogP contribution in [0, 0.1) is 0 Å². The quantitative estimate of drug-likeness (QED) is 0.647. The van der Waals surface area contributed by atoms with Crippen LogP contribution in [-0.4, -0.2) is 23.9 Å². The van der Waals surface area contributed by atoms with Crippen molar-refractivity contribution in [2.45, 2.75) is 26.1 Å². The highest BCUT2D eigenvalue weighted by molar-refractivity contribution is 5.94. The van der Waals surface area contributed by atoms with Crippen molar-refractivity contribution in [2.24, 2.45) is 0 Å². The number of carbonyl (C=O) groups excluding carboxylic acids is 1. The van der Waals surface area contributed by atoms with E-state index in [-0.39, 0.29) is 11.9 Å². The Labute approximate surface area is 159 Å². The van der Waals surface area contributed by atoms with Gasteiger partial charge in [0, 0.05) is 5.69 Å². The van der Waals surface area contributed by atoms with Crippen molar-refractivity contribution in [1.29, 1.82) is 0 Å². The van der Waals surface area contributed by atoms with E-state index in [1.54, 1.807) is 6.26 Å². The lowest BCUT2D eigenvalue weighted by atomic mass is 10.2. The maximum Gasteiger partial charge on any atom is 0.241 e. The van der Waals surface area contributed by atoms with Crippen LogP contribution in [0.25, 0.3) is 0 Å². The molecule has 0 saturated heterocycles. The van der Waals surface area contributed by atoms with Gasteiger partial charge in [0.25, 0.3) is 0 Å². The topological polar surface area (TPSA) is 54.7 Å². The Bertz CT molecular complexity index is 830. The molecule has 0 unspecified atom stereocenters. The van der Waals surface area contributed by atoms with E-state index in [1.807, 2.05) is 85.6 Å². The molecule has 2 aromatic carbocycles. The third-order valence-electron chi connectivity index (χ3n) is 4.40. The Balaban J connectivity index is 1.50. The molecule has 1 heterocycles. The second-order valence-electron chi connectivity index (χ2n) is 6.46. The standard InChI is InChI=1S/C22H24N2O3/c1-17(24(2)15-21-9-6-14-26-21)22(25)23-19-10-12-20(13-11-19)27-16-18-7-4-3-5-8-18/h3-14,17H,15-16H2,1-2H3,(H,23,25)/t17-/m1/s1. The SMILES string of the molecule is C[C@H](C(=O)Nc1ccc(OCc2ccccc2)cc1)N(C)Cc1ccco1. The zero-order chi connectivity index (χ0) is 19.1. The van der Waals surface area contributed by atoms with E-state index < -0.39 is 0 Å². The van der Waals surface area contributed by atoms with Crippen LogP contribution in [0.2, 0.25) is 0 Å². The number of hydrogen-bond acceptors (Lipinski definition) is 4. The zero-order valence-corrected chi connectivity index (χ0v) is 15.6. The molecule has 1 aromatic heterocycles. The van der Waals surface area contributed by atoms with E-state index in [0.29, 0.717) is 13.2 Å². The Hall–Kier alpha value is -3.05. The number of nitrogens with one attached hydrogen (secondary N) is 1. The molecule has 1 N–H and O–H groups in total. The third-order valence-corrected chi connectivity index (χ3v) is 4.40. The molecule has 3 rings (SSSR count). The lowest BCUT2D eigenvalue weighted by Gasteiger charge is -2.22. The summed E-state index contributed by atoms with van der Waals surface area (Å²) in [6, 6.07) is 20.9. The molecule has 0 aliphatic rings. The molecule has 1 amide bonds. The number of nitrogens with zero attached hydrogens (tertiary/aromatic N) is 1. The molecule has 0 saturated carbocycles. The number of amides is 1. The predicted octanol–water partition coefficient (Wildman–Crippen LogP) is 4.32. The van der Waals surface area contributed by atoms with Gasteiger partial charge in [-0.05, 0) is 55.9 Å². The van der Waals surface area contributed by atoms with Crippen LogP contribution < -0.4 is 10.1 Å². The van der Waals surface area contributed by atoms with E-state index in [0.717, 1.165) is 22.8 Å². The number of furan rings is 1. The number of anilines is 1. The fraction of sp³-hybridized carbons (Fsp3) is 0.227. The first kappa shape index (κ1) is 18.7. The van der Waals surface area contributed by atoms with Gasteiger partial charge in [0.2, 0.25) is 5.91 Å². The molecule has 140 valence electrons. The van der Waals surface area contributed by atoms with Crippen molar-refractivity contribution in [3.8, 4) is 5.75 Å². The van der Waals surface area contributed by atoms with Gasteiger partial charge in [-0.15, -0.1) is 0 Å². The van der Waals surface area contributed by atoms with Gasteiger partial charge in [0.15, 0.2) is 0 Å². The molecule has 0 aliphatic carbocycles. The van der Waals surface area contributed by atoms with Gasteiger partial charge in [-0.3, -0.25) is 9.69 Å². The van der Waals surface area contributed by atoms with Crippen molar-refractivity contribution in [3.63, 3.8) is 0 Å². The second kappa shape index (κ2) is 9.05. The van der Waals surface area contributed by atoms with Crippen LogP contribution in [-0.2, 0) is 17.9 Å². The summed E-state index contributed by atoms with van der Waals surface area (Å²) in [6.07, 6.45) is 1.63. The minimum absolute atomic E-state index is 0.0676. The monoisotopic (exact) mass is 364 g/mol. The molecule has 0 fully saturated rings. The summed E-state index contributed by atoms with van der Waals surface area (Å²) >= 11 is 0. The minimum Gasteiger partial charge on any atom is -0.489 e. The van der Waals surface area contributed by atoms with Gasteiger partial charge in [0.1, 0.15) is 18.1 Å². The highest BCUT2D eigenvalue weighted by Gasteiger charge is 2.19. The molecule has 0 bridgehead atoms. The lowest BCUT2D eigenvalue weighted by Crippen LogP contribution is -2.39. The van der Waals surface area contributed by atoms with E-state index in [9.17, 15) is 4.79 Å². The summed E-state index contributed by atoms with van der Waals surface area (Å²) in [7, 11) is 1.90. The van der Waals surface area contributed by atoms with E-state index in [4.69, 9.17) is 9.15 Å². The highest BCUT2D eigenvalue weighted by Crippen LogP contribution is 2.18. The van der Waals surface area contributed by atoms with Crippen LogP contribution in [0.15, 0.2) is 77.4 Å². The number of hydrogen-bond donors (Lipinski definition) is 1. The van der Waals surface area contributed by atoms with Crippen LogP contribution in [0.1, 0.15) is 18.2 Å². The maximum absolute atomic E-state index is 12.5. The Morgan fingerprint density at radius 2 is 1.81 bits per heavy atom. The van der Waals surface area contributed by atoms with Crippen molar-refractivity contribution >= 4 is 11.6 Å². The van der Waals surface area contributed by atoms with Crippen molar-refractivity contribution < 1.29 is 13.9 Å². The molecule has 27 heavy (non-hydrogen) atoms. The van der Waals surface area contributed by atoms with Gasteiger partial charge in [-0.1, -0.05) is 30.3 Å². The summed E-state index contributed by atoms with van der Waals surface area (Å²) in [6.45, 7) is 2.96. The molecule has 0 spiro atoms. The van der Waals surface area contributed by atoms with E-state index in [1.165, 1.54) is 0 Å². The average Bonchev–Trinajstić information content (AvgIpc) is 3.20. The Morgan fingerprint density at radius 1 is 1.07 bits per heavy atom. The first-order chi connectivity index (χ1) is 13.1. The van der Waals surface area contributed by atoms with Crippen LogP contribution in [0.4, 0.5) is 5.69 Å². The van der Waals surface area contributed by atoms with Crippen molar-refractivity contribution in [3.05, 3.63) is 84.3 Å². The van der Waals surface area contributed by atoms with Gasteiger partial charge < -0.3 is 14.5 Å². The average molecular weight is 364 g/mol. The van der Waals surface area contributed by atoms with Gasteiger partial charge in [-0.2, -0.15) is 0 Å². The van der Waals surface area contributed by atoms with Crippen LogP contribution in [0.5, 0.6) is 5.75 Å². The Kier molecular flexibility index (Phi) is 6.28. The first-order valence-corrected chi connectivity index (χ1v) is 8.92. The van der Waals surface area contributed by atoms with Crippen LogP contribution in [0.3, 0.4) is 0 Å². The van der Waals surface area contributed by atoms with Crippen LogP contribution >= 0.6 is 0 Å². The summed E-state index contributed by atoms with van der Waals surface area (Å²) in [4.78, 5) is 14.4. The van der Waals surface area contributed by atoms with Gasteiger partial charge in [-0.25, -0.2) is 0 Å². The number of likely N-dealkylation sites (N-methyl/N-ethyl adjacent to an activating group) is 1. The Morgan fingerprint density at radius 3 is 2.48 bits per heavy atom. The molecule has 0 aliphatic heterocycles. The predicted molar refractivity (Wildman–Crippen MR) is 105 cm³/mol. The van der Waals surface area contributed by atoms with E-state index >= 15 is 0 Å². The molecule has 0 radical (unpaired) electrons. The smallest absolute Gasteiger partial charge is 0.241 e. The van der Waals surface area contributed by atoms with Gasteiger partial charge >= 0.3 is 0 Å². The second-order valence-corrected chi connectivity index (χ2v) is 6.46. The van der Waals surface area contributed by atoms with E-state index in [2.05, 4.69) is 5.32 Å². The lowest BCUT2D eigenvalue weighted by molar-refractivity contribution is -0.120. The fourth-order valence-electron chi connectivity index (χ4n) is 2.61. The largest absolute Gasteiger partial charge is 0.489 e. The molecular formula is C22H24N2O3. The number of benzene rings is 2. The third kappa shape index (κ3) is 5.46. The highest BCUT2D eigenvalue weighted by atomic mass is 16.5. The van der Waals surface area contributed by atoms with Crippen molar-refractivity contribution in [2.75, 3.05) is 12.4 Å². The number of carbonyl (C=O) groups is 1. The molecule has 5 nitrogen and oxygen atoms in total. The number of rotatable bonds is 8. The molecule has 5 heteroatoms. The maximum atomic E-state index is 12.5. The fourth-order valence-corrected chi connectivity index (χ4v) is 2.61.